The molecular weight excluding hydrogens is 174 g/mol. The van der Waals surface area contributed by atoms with Gasteiger partial charge in [-0.2, -0.15) is 0 Å². The highest BCUT2D eigenvalue weighted by Gasteiger charge is 2.04. The molecule has 0 saturated heterocycles. The van der Waals surface area contributed by atoms with Crippen molar-refractivity contribution in [1.29, 1.82) is 5.41 Å². The molecule has 0 unspecified atom stereocenters. The van der Waals surface area contributed by atoms with Gasteiger partial charge in [0.2, 0.25) is 0 Å². The van der Waals surface area contributed by atoms with E-state index < -0.39 is 0 Å². The zero-order valence-corrected chi connectivity index (χ0v) is 9.22. The highest BCUT2D eigenvalue weighted by Crippen LogP contribution is 2.12. The Morgan fingerprint density at radius 2 is 1.86 bits per heavy atom. The molecule has 1 N–H and O–H groups in total. The smallest absolute Gasteiger partial charge is 0.168 e. The third-order valence-electron chi connectivity index (χ3n) is 2.01. The fourth-order valence-corrected chi connectivity index (χ4v) is 1.11. The quantitative estimate of drug-likeness (QED) is 0.566. The number of carbonyl (C=O) groups excluding carboxylic acids is 1. The summed E-state index contributed by atoms with van der Waals surface area (Å²) in [4.78, 5) is 10.3. The van der Waals surface area contributed by atoms with Crippen molar-refractivity contribution in [3.05, 3.63) is 34.9 Å². The lowest BCUT2D eigenvalue weighted by Gasteiger charge is -2.04. The van der Waals surface area contributed by atoms with Gasteiger partial charge in [0.1, 0.15) is 5.71 Å². The maximum absolute atomic E-state index is 10.3. The molecule has 2 heteroatoms. The van der Waals surface area contributed by atoms with E-state index in [0.29, 0.717) is 6.29 Å². The Morgan fingerprint density at radius 1 is 1.29 bits per heavy atom. The molecule has 0 aliphatic carbocycles. The number of hydrogen-bond acceptors (Lipinski definition) is 2. The number of nitrogens with one attached hydrogen (secondary N) is 1. The molecule has 1 rings (SSSR count). The maximum atomic E-state index is 10.3. The van der Waals surface area contributed by atoms with E-state index in [9.17, 15) is 4.79 Å². The molecular formula is C12H17NO. The molecule has 0 saturated carbocycles. The summed E-state index contributed by atoms with van der Waals surface area (Å²) in [5, 5.41) is 7.35. The van der Waals surface area contributed by atoms with Gasteiger partial charge in [-0.3, -0.25) is 10.2 Å². The van der Waals surface area contributed by atoms with Crippen LogP contribution in [0.5, 0.6) is 0 Å². The second-order valence-electron chi connectivity index (χ2n) is 2.78. The van der Waals surface area contributed by atoms with Gasteiger partial charge in [-0.25, -0.2) is 0 Å². The average Bonchev–Trinajstić information content (AvgIpc) is 2.24. The van der Waals surface area contributed by atoms with Crippen LogP contribution in [0.4, 0.5) is 0 Å². The molecule has 0 heterocycles. The summed E-state index contributed by atoms with van der Waals surface area (Å²) in [6, 6.07) is 5.62. The van der Waals surface area contributed by atoms with Gasteiger partial charge in [0.05, 0.1) is 0 Å². The van der Waals surface area contributed by atoms with E-state index in [-0.39, 0.29) is 5.71 Å². The molecule has 0 fully saturated rings. The minimum absolute atomic E-state index is 0.0520. The van der Waals surface area contributed by atoms with Crippen LogP contribution in [0.25, 0.3) is 0 Å². The first-order valence-corrected chi connectivity index (χ1v) is 4.77. The van der Waals surface area contributed by atoms with Gasteiger partial charge in [0.15, 0.2) is 6.29 Å². The monoisotopic (exact) mass is 191 g/mol. The van der Waals surface area contributed by atoms with Gasteiger partial charge < -0.3 is 0 Å². The van der Waals surface area contributed by atoms with Gasteiger partial charge >= 0.3 is 0 Å². The first-order chi connectivity index (χ1) is 6.66. The first kappa shape index (κ1) is 12.6. The van der Waals surface area contributed by atoms with E-state index in [2.05, 4.69) is 0 Å². The van der Waals surface area contributed by atoms with Crippen molar-refractivity contribution >= 4 is 12.0 Å². The fraction of sp³-hybridized carbons (Fsp3) is 0.333. The highest BCUT2D eigenvalue weighted by molar-refractivity contribution is 6.35. The third-order valence-corrected chi connectivity index (χ3v) is 2.01. The Balaban J connectivity index is 0.000000791. The van der Waals surface area contributed by atoms with Crippen molar-refractivity contribution in [2.24, 2.45) is 0 Å². The third kappa shape index (κ3) is 2.80. The van der Waals surface area contributed by atoms with Gasteiger partial charge in [-0.1, -0.05) is 32.0 Å². The molecule has 0 aliphatic heterocycles. The molecule has 76 valence electrons. The van der Waals surface area contributed by atoms with Crippen molar-refractivity contribution in [3.8, 4) is 0 Å². The molecule has 1 aromatic carbocycles. The Hall–Kier alpha value is -1.44. The average molecular weight is 191 g/mol. The number of carbonyl (C=O) groups is 1. The molecule has 14 heavy (non-hydrogen) atoms. The zero-order chi connectivity index (χ0) is 11.1. The second-order valence-corrected chi connectivity index (χ2v) is 2.78. The van der Waals surface area contributed by atoms with Crippen molar-refractivity contribution in [2.45, 2.75) is 27.7 Å². The van der Waals surface area contributed by atoms with Crippen LogP contribution in [-0.4, -0.2) is 12.0 Å². The SMILES string of the molecule is CC.Cc1cccc(C(=N)C=O)c1C. The topological polar surface area (TPSA) is 40.9 Å². The minimum Gasteiger partial charge on any atom is -0.297 e. The lowest BCUT2D eigenvalue weighted by molar-refractivity contribution is -0.102. The van der Waals surface area contributed by atoms with E-state index >= 15 is 0 Å². The van der Waals surface area contributed by atoms with E-state index in [4.69, 9.17) is 5.41 Å². The van der Waals surface area contributed by atoms with E-state index in [0.717, 1.165) is 16.7 Å². The molecule has 0 spiro atoms. The Morgan fingerprint density at radius 3 is 2.36 bits per heavy atom. The largest absolute Gasteiger partial charge is 0.297 e. The molecule has 0 bridgehead atoms. The highest BCUT2D eigenvalue weighted by atomic mass is 16.1. The van der Waals surface area contributed by atoms with Crippen LogP contribution in [0.15, 0.2) is 18.2 Å². The van der Waals surface area contributed by atoms with Gasteiger partial charge in [0, 0.05) is 5.56 Å². The molecule has 2 nitrogen and oxygen atoms in total. The van der Waals surface area contributed by atoms with Crippen LogP contribution in [0.2, 0.25) is 0 Å². The molecule has 0 atom stereocenters. The van der Waals surface area contributed by atoms with Crippen molar-refractivity contribution in [3.63, 3.8) is 0 Å². The summed E-state index contributed by atoms with van der Waals surface area (Å²) in [5.41, 5.74) is 2.90. The number of aryl methyl sites for hydroxylation is 1. The maximum Gasteiger partial charge on any atom is 0.168 e. The van der Waals surface area contributed by atoms with Crippen LogP contribution < -0.4 is 0 Å². The summed E-state index contributed by atoms with van der Waals surface area (Å²) < 4.78 is 0. The first-order valence-electron chi connectivity index (χ1n) is 4.77. The lowest BCUT2D eigenvalue weighted by Crippen LogP contribution is -2.03. The lowest BCUT2D eigenvalue weighted by atomic mass is 10.0. The summed E-state index contributed by atoms with van der Waals surface area (Å²) in [7, 11) is 0. The van der Waals surface area contributed by atoms with Gasteiger partial charge in [-0.05, 0) is 25.0 Å². The predicted octanol–water partition coefficient (Wildman–Crippen LogP) is 2.90. The van der Waals surface area contributed by atoms with Gasteiger partial charge in [-0.15, -0.1) is 0 Å². The molecule has 0 amide bonds. The number of rotatable bonds is 2. The molecule has 0 aliphatic rings. The van der Waals surface area contributed by atoms with Gasteiger partial charge in [0.25, 0.3) is 0 Å². The predicted molar refractivity (Wildman–Crippen MR) is 60.2 cm³/mol. The van der Waals surface area contributed by atoms with Crippen LogP contribution in [-0.2, 0) is 4.79 Å². The molecule has 0 aromatic heterocycles. The van der Waals surface area contributed by atoms with Crippen molar-refractivity contribution < 1.29 is 4.79 Å². The second kappa shape index (κ2) is 6.08. The summed E-state index contributed by atoms with van der Waals surface area (Å²) in [6.07, 6.45) is 0.571. The van der Waals surface area contributed by atoms with E-state index in [1.807, 2.05) is 39.8 Å². The number of benzene rings is 1. The van der Waals surface area contributed by atoms with Crippen molar-refractivity contribution in [1.82, 2.24) is 0 Å². The van der Waals surface area contributed by atoms with E-state index in [1.165, 1.54) is 0 Å². The Bertz CT molecular complexity index is 329. The summed E-state index contributed by atoms with van der Waals surface area (Å²) in [6.45, 7) is 7.89. The molecule has 0 radical (unpaired) electrons. The van der Waals surface area contributed by atoms with Crippen LogP contribution in [0, 0.1) is 19.3 Å². The fourth-order valence-electron chi connectivity index (χ4n) is 1.11. The van der Waals surface area contributed by atoms with Crippen LogP contribution in [0.1, 0.15) is 30.5 Å². The number of hydrogen-bond donors (Lipinski definition) is 1. The Kier molecular flexibility index (Phi) is 5.46. The summed E-state index contributed by atoms with van der Waals surface area (Å²) >= 11 is 0. The Labute approximate surface area is 85.5 Å². The normalized spacial score (nSPS) is 8.57. The minimum atomic E-state index is 0.0520. The zero-order valence-electron chi connectivity index (χ0n) is 9.22. The summed E-state index contributed by atoms with van der Waals surface area (Å²) in [5.74, 6) is 0. The van der Waals surface area contributed by atoms with Crippen LogP contribution in [0.3, 0.4) is 0 Å². The van der Waals surface area contributed by atoms with Crippen molar-refractivity contribution in [2.75, 3.05) is 0 Å². The number of aldehydes is 1. The molecule has 1 aromatic rings. The van der Waals surface area contributed by atoms with Crippen LogP contribution >= 0.6 is 0 Å². The standard InChI is InChI=1S/C10H11NO.C2H6/c1-7-4-3-5-9(8(7)2)10(11)6-12;1-2/h3-6,11H,1-2H3;1-2H3. The van der Waals surface area contributed by atoms with E-state index in [1.54, 1.807) is 6.07 Å².